The Kier molecular flexibility index (Phi) is 4.10. The van der Waals surface area contributed by atoms with Gasteiger partial charge >= 0.3 is 0 Å². The van der Waals surface area contributed by atoms with E-state index in [0.29, 0.717) is 11.6 Å². The largest absolute Gasteiger partial charge is 0.495 e. The maximum atomic E-state index is 5.94. The van der Waals surface area contributed by atoms with Crippen LogP contribution < -0.4 is 10.5 Å². The first kappa shape index (κ1) is 13.5. The van der Waals surface area contributed by atoms with E-state index in [1.54, 1.807) is 7.11 Å². The van der Waals surface area contributed by atoms with Crippen molar-refractivity contribution >= 4 is 5.69 Å². The van der Waals surface area contributed by atoms with Crippen LogP contribution in [0, 0.1) is 5.92 Å². The summed E-state index contributed by atoms with van der Waals surface area (Å²) in [6.45, 7) is 4.47. The maximum Gasteiger partial charge on any atom is 0.141 e. The minimum atomic E-state index is 0.672. The van der Waals surface area contributed by atoms with E-state index in [0.717, 1.165) is 17.7 Å². The third-order valence-corrected chi connectivity index (χ3v) is 3.16. The molecule has 0 saturated carbocycles. The lowest BCUT2D eigenvalue weighted by Gasteiger charge is -2.09. The first-order valence-electron chi connectivity index (χ1n) is 6.63. The standard InChI is InChI=1S/C17H21NO/c1-12(2)10-13-4-6-14(7-5-13)15-8-9-17(19-3)16(18)11-15/h4-9,11-12H,10,18H2,1-3H3. The number of ether oxygens (including phenoxy) is 1. The first-order valence-corrected chi connectivity index (χ1v) is 6.63. The highest BCUT2D eigenvalue weighted by Crippen LogP contribution is 2.28. The molecule has 0 spiro atoms. The quantitative estimate of drug-likeness (QED) is 0.833. The zero-order valence-corrected chi connectivity index (χ0v) is 11.8. The van der Waals surface area contributed by atoms with Gasteiger partial charge in [0.2, 0.25) is 0 Å². The van der Waals surface area contributed by atoms with Crippen LogP contribution in [0.15, 0.2) is 42.5 Å². The van der Waals surface area contributed by atoms with Gasteiger partial charge in [0.15, 0.2) is 0 Å². The van der Waals surface area contributed by atoms with E-state index in [1.807, 2.05) is 18.2 Å². The van der Waals surface area contributed by atoms with Gasteiger partial charge in [0.25, 0.3) is 0 Å². The van der Waals surface area contributed by atoms with Gasteiger partial charge in [-0.2, -0.15) is 0 Å². The van der Waals surface area contributed by atoms with Gasteiger partial charge in [-0.1, -0.05) is 44.2 Å². The summed E-state index contributed by atoms with van der Waals surface area (Å²) in [5.74, 6) is 1.41. The van der Waals surface area contributed by atoms with Gasteiger partial charge in [-0.05, 0) is 41.2 Å². The molecule has 0 unspecified atom stereocenters. The summed E-state index contributed by atoms with van der Waals surface area (Å²) in [5.41, 5.74) is 10.3. The number of hydrogen-bond donors (Lipinski definition) is 1. The summed E-state index contributed by atoms with van der Waals surface area (Å²) in [6.07, 6.45) is 1.12. The molecular formula is C17H21NO. The average molecular weight is 255 g/mol. The second-order valence-corrected chi connectivity index (χ2v) is 5.25. The first-order chi connectivity index (χ1) is 9.10. The Morgan fingerprint density at radius 1 is 1.00 bits per heavy atom. The summed E-state index contributed by atoms with van der Waals surface area (Å²) < 4.78 is 5.17. The van der Waals surface area contributed by atoms with E-state index in [1.165, 1.54) is 11.1 Å². The van der Waals surface area contributed by atoms with E-state index in [9.17, 15) is 0 Å². The number of rotatable bonds is 4. The summed E-state index contributed by atoms with van der Waals surface area (Å²) in [7, 11) is 1.63. The van der Waals surface area contributed by atoms with E-state index in [2.05, 4.69) is 38.1 Å². The van der Waals surface area contributed by atoms with Gasteiger partial charge < -0.3 is 10.5 Å². The lowest BCUT2D eigenvalue weighted by Crippen LogP contribution is -1.94. The molecule has 2 N–H and O–H groups in total. The highest BCUT2D eigenvalue weighted by atomic mass is 16.5. The monoisotopic (exact) mass is 255 g/mol. The molecule has 0 saturated heterocycles. The Hall–Kier alpha value is -1.96. The Balaban J connectivity index is 2.24. The molecule has 0 fully saturated rings. The van der Waals surface area contributed by atoms with Crippen LogP contribution in [0.1, 0.15) is 19.4 Å². The van der Waals surface area contributed by atoms with Crippen molar-refractivity contribution in [3.8, 4) is 16.9 Å². The third-order valence-electron chi connectivity index (χ3n) is 3.16. The molecule has 0 aliphatic heterocycles. The van der Waals surface area contributed by atoms with Crippen LogP contribution in [0.4, 0.5) is 5.69 Å². The predicted octanol–water partition coefficient (Wildman–Crippen LogP) is 4.14. The van der Waals surface area contributed by atoms with Crippen LogP contribution >= 0.6 is 0 Å². The zero-order valence-electron chi connectivity index (χ0n) is 11.8. The SMILES string of the molecule is COc1ccc(-c2ccc(CC(C)C)cc2)cc1N. The van der Waals surface area contributed by atoms with Gasteiger partial charge in [0.1, 0.15) is 5.75 Å². The molecule has 0 aliphatic carbocycles. The normalized spacial score (nSPS) is 10.7. The Morgan fingerprint density at radius 3 is 2.16 bits per heavy atom. The molecule has 0 amide bonds. The predicted molar refractivity (Wildman–Crippen MR) is 81.4 cm³/mol. The molecule has 19 heavy (non-hydrogen) atoms. The highest BCUT2D eigenvalue weighted by molar-refractivity contribution is 5.70. The van der Waals surface area contributed by atoms with Crippen LogP contribution in [0.25, 0.3) is 11.1 Å². The fraction of sp³-hybridized carbons (Fsp3) is 0.294. The Labute approximate surface area is 115 Å². The number of methoxy groups -OCH3 is 1. The van der Waals surface area contributed by atoms with Gasteiger partial charge in [0.05, 0.1) is 12.8 Å². The van der Waals surface area contributed by atoms with E-state index < -0.39 is 0 Å². The topological polar surface area (TPSA) is 35.2 Å². The van der Waals surface area contributed by atoms with Crippen molar-refractivity contribution in [2.75, 3.05) is 12.8 Å². The van der Waals surface area contributed by atoms with Crippen LogP contribution in [0.2, 0.25) is 0 Å². The molecule has 0 bridgehead atoms. The van der Waals surface area contributed by atoms with Gasteiger partial charge in [0, 0.05) is 0 Å². The molecule has 2 aromatic rings. The van der Waals surface area contributed by atoms with Crippen molar-refractivity contribution < 1.29 is 4.74 Å². The zero-order chi connectivity index (χ0) is 13.8. The van der Waals surface area contributed by atoms with E-state index in [4.69, 9.17) is 10.5 Å². The minimum Gasteiger partial charge on any atom is -0.495 e. The van der Waals surface area contributed by atoms with E-state index in [-0.39, 0.29) is 0 Å². The smallest absolute Gasteiger partial charge is 0.141 e. The summed E-state index contributed by atoms with van der Waals surface area (Å²) in [5, 5.41) is 0. The molecule has 0 heterocycles. The molecule has 2 heteroatoms. The van der Waals surface area contributed by atoms with Gasteiger partial charge in [-0.3, -0.25) is 0 Å². The summed E-state index contributed by atoms with van der Waals surface area (Å²) >= 11 is 0. The molecule has 2 nitrogen and oxygen atoms in total. The highest BCUT2D eigenvalue weighted by Gasteiger charge is 2.04. The number of benzene rings is 2. The van der Waals surface area contributed by atoms with Crippen LogP contribution in [0.5, 0.6) is 5.75 Å². The van der Waals surface area contributed by atoms with Crippen LogP contribution in [-0.2, 0) is 6.42 Å². The lowest BCUT2D eigenvalue weighted by atomic mass is 9.99. The summed E-state index contributed by atoms with van der Waals surface area (Å²) in [4.78, 5) is 0. The number of hydrogen-bond acceptors (Lipinski definition) is 2. The molecule has 0 radical (unpaired) electrons. The Morgan fingerprint density at radius 2 is 1.63 bits per heavy atom. The van der Waals surface area contributed by atoms with Crippen molar-refractivity contribution in [1.29, 1.82) is 0 Å². The van der Waals surface area contributed by atoms with Crippen LogP contribution in [-0.4, -0.2) is 7.11 Å². The molecule has 2 aromatic carbocycles. The number of nitrogens with two attached hydrogens (primary N) is 1. The molecule has 2 rings (SSSR count). The van der Waals surface area contributed by atoms with Crippen molar-refractivity contribution in [2.45, 2.75) is 20.3 Å². The van der Waals surface area contributed by atoms with E-state index >= 15 is 0 Å². The number of nitrogen functional groups attached to an aromatic ring is 1. The van der Waals surface area contributed by atoms with Crippen molar-refractivity contribution in [1.82, 2.24) is 0 Å². The Bertz CT molecular complexity index is 544. The third kappa shape index (κ3) is 3.28. The summed E-state index contributed by atoms with van der Waals surface area (Å²) in [6, 6.07) is 14.6. The van der Waals surface area contributed by atoms with Crippen molar-refractivity contribution in [3.63, 3.8) is 0 Å². The van der Waals surface area contributed by atoms with Crippen LogP contribution in [0.3, 0.4) is 0 Å². The molecule has 0 atom stereocenters. The van der Waals surface area contributed by atoms with Gasteiger partial charge in [-0.15, -0.1) is 0 Å². The second-order valence-electron chi connectivity index (χ2n) is 5.25. The fourth-order valence-corrected chi connectivity index (χ4v) is 2.22. The maximum absolute atomic E-state index is 5.94. The second kappa shape index (κ2) is 5.79. The van der Waals surface area contributed by atoms with Gasteiger partial charge in [-0.25, -0.2) is 0 Å². The van der Waals surface area contributed by atoms with Crippen molar-refractivity contribution in [2.24, 2.45) is 5.92 Å². The molecule has 100 valence electrons. The fourth-order valence-electron chi connectivity index (χ4n) is 2.22. The molecule has 0 aliphatic rings. The van der Waals surface area contributed by atoms with Crippen molar-refractivity contribution in [3.05, 3.63) is 48.0 Å². The molecule has 0 aromatic heterocycles. The average Bonchev–Trinajstić information content (AvgIpc) is 2.39. The number of anilines is 1. The lowest BCUT2D eigenvalue weighted by molar-refractivity contribution is 0.417. The molecular weight excluding hydrogens is 234 g/mol. The minimum absolute atomic E-state index is 0.672.